The number of carbonyl (C=O) groups excluding carboxylic acids is 2. The number of benzene rings is 1. The number of halogens is 1. The molecule has 2 aromatic rings. The fourth-order valence-corrected chi connectivity index (χ4v) is 2.06. The molecule has 1 aromatic heterocycles. The minimum Gasteiger partial charge on any atom is -0.452 e. The quantitative estimate of drug-likeness (QED) is 0.761. The molecule has 0 aliphatic heterocycles. The number of amides is 1. The van der Waals surface area contributed by atoms with E-state index in [0.29, 0.717) is 12.1 Å². The topological polar surface area (TPSA) is 64.4 Å². The predicted octanol–water partition coefficient (Wildman–Crippen LogP) is 1.76. The van der Waals surface area contributed by atoms with Crippen LogP contribution in [0.5, 0.6) is 0 Å². The Hall–Kier alpha value is -2.70. The summed E-state index contributed by atoms with van der Waals surface area (Å²) in [4.78, 5) is 25.4. The number of aromatic nitrogens is 2. The van der Waals surface area contributed by atoms with Crippen LogP contribution < -0.4 is 0 Å². The molecule has 0 spiro atoms. The van der Waals surface area contributed by atoms with Gasteiger partial charge in [-0.3, -0.25) is 9.48 Å². The van der Waals surface area contributed by atoms with E-state index in [0.717, 1.165) is 0 Å². The van der Waals surface area contributed by atoms with E-state index in [1.165, 1.54) is 34.1 Å². The lowest BCUT2D eigenvalue weighted by atomic mass is 10.2. The van der Waals surface area contributed by atoms with Gasteiger partial charge in [0.05, 0.1) is 11.8 Å². The first-order chi connectivity index (χ1) is 11.0. The van der Waals surface area contributed by atoms with Crippen LogP contribution in [0.1, 0.15) is 22.8 Å². The summed E-state index contributed by atoms with van der Waals surface area (Å²) >= 11 is 0. The van der Waals surface area contributed by atoms with Crippen molar-refractivity contribution < 1.29 is 18.7 Å². The Morgan fingerprint density at radius 1 is 1.39 bits per heavy atom. The molecule has 0 N–H and O–H groups in total. The Bertz CT molecular complexity index is 699. The highest BCUT2D eigenvalue weighted by Crippen LogP contribution is 2.08. The van der Waals surface area contributed by atoms with Crippen LogP contribution in [0.2, 0.25) is 0 Å². The highest BCUT2D eigenvalue weighted by atomic mass is 19.1. The van der Waals surface area contributed by atoms with E-state index in [9.17, 15) is 14.0 Å². The number of nitrogens with zero attached hydrogens (tertiary/aromatic N) is 3. The Kier molecular flexibility index (Phi) is 5.46. The van der Waals surface area contributed by atoms with Gasteiger partial charge in [0, 0.05) is 26.3 Å². The SMILES string of the molecule is CCN(Cc1cccc(F)c1)C(=O)COC(=O)c1cnn(C)c1. The normalized spacial score (nSPS) is 10.4. The van der Waals surface area contributed by atoms with E-state index < -0.39 is 5.97 Å². The van der Waals surface area contributed by atoms with Gasteiger partial charge >= 0.3 is 5.97 Å². The summed E-state index contributed by atoms with van der Waals surface area (Å²) in [5.74, 6) is -1.30. The van der Waals surface area contributed by atoms with Gasteiger partial charge in [-0.25, -0.2) is 9.18 Å². The summed E-state index contributed by atoms with van der Waals surface area (Å²) in [7, 11) is 1.68. The fraction of sp³-hybridized carbons (Fsp3) is 0.312. The molecular formula is C16H18FN3O3. The van der Waals surface area contributed by atoms with E-state index in [1.54, 1.807) is 26.1 Å². The second-order valence-corrected chi connectivity index (χ2v) is 5.02. The lowest BCUT2D eigenvalue weighted by molar-refractivity contribution is -0.134. The van der Waals surface area contributed by atoms with Crippen molar-refractivity contribution >= 4 is 11.9 Å². The average molecular weight is 319 g/mol. The second-order valence-electron chi connectivity index (χ2n) is 5.02. The van der Waals surface area contributed by atoms with Crippen molar-refractivity contribution in [3.63, 3.8) is 0 Å². The smallest absolute Gasteiger partial charge is 0.341 e. The van der Waals surface area contributed by atoms with Crippen LogP contribution in [0.4, 0.5) is 4.39 Å². The summed E-state index contributed by atoms with van der Waals surface area (Å²) in [6.07, 6.45) is 2.88. The minimum atomic E-state index is -0.603. The van der Waals surface area contributed by atoms with Crippen molar-refractivity contribution in [3.8, 4) is 0 Å². The highest BCUT2D eigenvalue weighted by molar-refractivity contribution is 5.90. The average Bonchev–Trinajstić information content (AvgIpc) is 2.96. The number of esters is 1. The number of likely N-dealkylation sites (N-methyl/N-ethyl adjacent to an activating group) is 1. The van der Waals surface area contributed by atoms with Gasteiger partial charge in [-0.05, 0) is 24.6 Å². The molecule has 0 aliphatic rings. The maximum atomic E-state index is 13.2. The number of carbonyl (C=O) groups is 2. The largest absolute Gasteiger partial charge is 0.452 e. The zero-order chi connectivity index (χ0) is 16.8. The Morgan fingerprint density at radius 3 is 2.78 bits per heavy atom. The molecule has 7 heteroatoms. The van der Waals surface area contributed by atoms with Crippen LogP contribution >= 0.6 is 0 Å². The van der Waals surface area contributed by atoms with Gasteiger partial charge in [0.1, 0.15) is 5.82 Å². The van der Waals surface area contributed by atoms with Crippen LogP contribution in [-0.4, -0.2) is 39.7 Å². The van der Waals surface area contributed by atoms with Crippen molar-refractivity contribution in [3.05, 3.63) is 53.6 Å². The van der Waals surface area contributed by atoms with Crippen molar-refractivity contribution in [2.45, 2.75) is 13.5 Å². The highest BCUT2D eigenvalue weighted by Gasteiger charge is 2.16. The van der Waals surface area contributed by atoms with Crippen molar-refractivity contribution in [1.82, 2.24) is 14.7 Å². The van der Waals surface area contributed by atoms with Gasteiger partial charge in [0.2, 0.25) is 0 Å². The molecule has 6 nitrogen and oxygen atoms in total. The van der Waals surface area contributed by atoms with Gasteiger partial charge in [0.15, 0.2) is 6.61 Å². The van der Waals surface area contributed by atoms with E-state index >= 15 is 0 Å². The number of hydrogen-bond acceptors (Lipinski definition) is 4. The predicted molar refractivity (Wildman–Crippen MR) is 81.0 cm³/mol. The number of ether oxygens (including phenoxy) is 1. The summed E-state index contributed by atoms with van der Waals surface area (Å²) in [6, 6.07) is 6.04. The first-order valence-corrected chi connectivity index (χ1v) is 7.17. The fourth-order valence-electron chi connectivity index (χ4n) is 2.06. The van der Waals surface area contributed by atoms with Crippen LogP contribution in [0.25, 0.3) is 0 Å². The van der Waals surface area contributed by atoms with Crippen LogP contribution in [-0.2, 0) is 23.1 Å². The zero-order valence-electron chi connectivity index (χ0n) is 13.0. The maximum Gasteiger partial charge on any atom is 0.341 e. The number of aryl methyl sites for hydroxylation is 1. The molecular weight excluding hydrogens is 301 g/mol. The molecule has 0 radical (unpaired) electrons. The molecule has 2 rings (SSSR count). The number of hydrogen-bond donors (Lipinski definition) is 0. The van der Waals surface area contributed by atoms with Gasteiger partial charge < -0.3 is 9.64 Å². The van der Waals surface area contributed by atoms with Gasteiger partial charge in [-0.1, -0.05) is 12.1 Å². The zero-order valence-corrected chi connectivity index (χ0v) is 13.0. The van der Waals surface area contributed by atoms with Crippen molar-refractivity contribution in [2.24, 2.45) is 7.05 Å². The summed E-state index contributed by atoms with van der Waals surface area (Å²) in [6.45, 7) is 2.13. The number of rotatable bonds is 6. The van der Waals surface area contributed by atoms with E-state index in [4.69, 9.17) is 4.74 Å². The molecule has 0 fully saturated rings. The molecule has 0 atom stereocenters. The van der Waals surface area contributed by atoms with E-state index in [2.05, 4.69) is 5.10 Å². The molecule has 0 bridgehead atoms. The maximum absolute atomic E-state index is 13.2. The Labute approximate surface area is 133 Å². The van der Waals surface area contributed by atoms with E-state index in [-0.39, 0.29) is 30.4 Å². The molecule has 23 heavy (non-hydrogen) atoms. The summed E-state index contributed by atoms with van der Waals surface area (Å²) in [5.41, 5.74) is 0.965. The van der Waals surface area contributed by atoms with Gasteiger partial charge in [0.25, 0.3) is 5.91 Å². The molecule has 1 amide bonds. The van der Waals surface area contributed by atoms with E-state index in [1.807, 2.05) is 0 Å². The third-order valence-electron chi connectivity index (χ3n) is 3.26. The Morgan fingerprint density at radius 2 is 2.17 bits per heavy atom. The van der Waals surface area contributed by atoms with Crippen LogP contribution in [0.15, 0.2) is 36.7 Å². The molecule has 0 saturated heterocycles. The van der Waals surface area contributed by atoms with Crippen LogP contribution in [0.3, 0.4) is 0 Å². The summed E-state index contributed by atoms with van der Waals surface area (Å²) < 4.78 is 19.6. The lowest BCUT2D eigenvalue weighted by Gasteiger charge is -2.20. The third-order valence-corrected chi connectivity index (χ3v) is 3.26. The monoisotopic (exact) mass is 319 g/mol. The van der Waals surface area contributed by atoms with Crippen molar-refractivity contribution in [2.75, 3.05) is 13.2 Å². The third kappa shape index (κ3) is 4.64. The first-order valence-electron chi connectivity index (χ1n) is 7.17. The van der Waals surface area contributed by atoms with Gasteiger partial charge in [-0.15, -0.1) is 0 Å². The molecule has 0 unspecified atom stereocenters. The lowest BCUT2D eigenvalue weighted by Crippen LogP contribution is -2.34. The molecule has 1 heterocycles. The molecule has 0 saturated carbocycles. The molecule has 0 aliphatic carbocycles. The van der Waals surface area contributed by atoms with Gasteiger partial charge in [-0.2, -0.15) is 5.10 Å². The Balaban J connectivity index is 1.91. The molecule has 1 aromatic carbocycles. The second kappa shape index (κ2) is 7.53. The minimum absolute atomic E-state index is 0.261. The summed E-state index contributed by atoms with van der Waals surface area (Å²) in [5, 5.41) is 3.87. The van der Waals surface area contributed by atoms with Crippen molar-refractivity contribution in [1.29, 1.82) is 0 Å². The standard InChI is InChI=1S/C16H18FN3O3/c1-3-20(9-12-5-4-6-14(17)7-12)15(21)11-23-16(22)13-8-18-19(2)10-13/h4-8,10H,3,9,11H2,1-2H3. The molecule has 122 valence electrons. The first kappa shape index (κ1) is 16.7. The van der Waals surface area contributed by atoms with Crippen LogP contribution in [0, 0.1) is 5.82 Å².